The van der Waals surface area contributed by atoms with E-state index in [1.807, 2.05) is 18.2 Å². The van der Waals surface area contributed by atoms with Crippen molar-refractivity contribution in [3.63, 3.8) is 0 Å². The zero-order chi connectivity index (χ0) is 20.6. The fourth-order valence-electron chi connectivity index (χ4n) is 2.67. The fraction of sp³-hybridized carbons (Fsp3) is 0.269. The maximum Gasteiger partial charge on any atom is 0.347 e. The summed E-state index contributed by atoms with van der Waals surface area (Å²) in [7, 11) is 0. The van der Waals surface area contributed by atoms with Crippen LogP contribution in [0.3, 0.4) is 0 Å². The summed E-state index contributed by atoms with van der Waals surface area (Å²) in [4.78, 5) is 12.2. The van der Waals surface area contributed by atoms with E-state index in [2.05, 4.69) is 45.6 Å². The molecule has 0 saturated heterocycles. The smallest absolute Gasteiger partial charge is 0.347 e. The van der Waals surface area contributed by atoms with Crippen LogP contribution in [0.1, 0.15) is 57.0 Å². The normalized spacial score (nSPS) is 12.5. The number of esters is 1. The number of ether oxygens (including phenoxy) is 1. The Hall–Kier alpha value is -3.07. The molecule has 0 radical (unpaired) electrons. The van der Waals surface area contributed by atoms with Gasteiger partial charge in [0.2, 0.25) is 0 Å². The van der Waals surface area contributed by atoms with E-state index in [-0.39, 0.29) is 24.2 Å². The van der Waals surface area contributed by atoms with Crippen LogP contribution in [0.5, 0.6) is 11.5 Å². The standard InChI is InChI=1S/C25H28O3.CH4/c1-5-25(4,17-8-9-19(2)3)18-16-20-12-14-21(15-13-20)28-24(27)22-10-6-7-11-23(22)26;/h5-7,9-16,18,26H,1,8,17H2,2-4H3;1H4/b18-16+;/t25-;/m1./s1. The van der Waals surface area contributed by atoms with Crippen molar-refractivity contribution in [1.29, 1.82) is 0 Å². The molecule has 0 unspecified atom stereocenters. The van der Waals surface area contributed by atoms with E-state index in [1.165, 1.54) is 17.7 Å². The van der Waals surface area contributed by atoms with Crippen molar-refractivity contribution >= 4 is 12.0 Å². The van der Waals surface area contributed by atoms with Crippen LogP contribution >= 0.6 is 0 Å². The highest BCUT2D eigenvalue weighted by Crippen LogP contribution is 2.28. The summed E-state index contributed by atoms with van der Waals surface area (Å²) < 4.78 is 5.33. The Bertz CT molecular complexity index is 871. The third-order valence-corrected chi connectivity index (χ3v) is 4.57. The monoisotopic (exact) mass is 392 g/mol. The molecule has 2 aromatic carbocycles. The number of rotatable bonds is 8. The van der Waals surface area contributed by atoms with Gasteiger partial charge in [-0.05, 0) is 56.5 Å². The van der Waals surface area contributed by atoms with Gasteiger partial charge in [-0.2, -0.15) is 0 Å². The van der Waals surface area contributed by atoms with E-state index in [9.17, 15) is 9.90 Å². The third-order valence-electron chi connectivity index (χ3n) is 4.57. The molecule has 0 bridgehead atoms. The summed E-state index contributed by atoms with van der Waals surface area (Å²) in [5.41, 5.74) is 2.40. The van der Waals surface area contributed by atoms with Crippen molar-refractivity contribution in [3.05, 3.63) is 90.0 Å². The number of aromatic hydroxyl groups is 1. The molecular weight excluding hydrogens is 360 g/mol. The van der Waals surface area contributed by atoms with Crippen LogP contribution < -0.4 is 4.74 Å². The zero-order valence-electron chi connectivity index (χ0n) is 16.8. The van der Waals surface area contributed by atoms with Gasteiger partial charge >= 0.3 is 5.97 Å². The van der Waals surface area contributed by atoms with Crippen LogP contribution in [0, 0.1) is 5.41 Å². The SMILES string of the molecule is C.C=C[C@@](C)(/C=C/c1ccc(OC(=O)c2ccccc2O)cc1)CCC=C(C)C. The Kier molecular flexibility index (Phi) is 9.14. The second-order valence-corrected chi connectivity index (χ2v) is 7.34. The summed E-state index contributed by atoms with van der Waals surface area (Å²) >= 11 is 0. The number of hydrogen-bond acceptors (Lipinski definition) is 3. The molecule has 0 aliphatic carbocycles. The number of hydrogen-bond donors (Lipinski definition) is 1. The molecule has 1 N–H and O–H groups in total. The zero-order valence-corrected chi connectivity index (χ0v) is 16.8. The molecule has 0 saturated carbocycles. The van der Waals surface area contributed by atoms with Gasteiger partial charge in [0.1, 0.15) is 17.1 Å². The summed E-state index contributed by atoms with van der Waals surface area (Å²) in [5, 5.41) is 9.74. The Labute approximate surface area is 175 Å². The first-order valence-corrected chi connectivity index (χ1v) is 9.39. The van der Waals surface area contributed by atoms with Crippen molar-refractivity contribution < 1.29 is 14.6 Å². The molecule has 29 heavy (non-hydrogen) atoms. The van der Waals surface area contributed by atoms with Crippen molar-refractivity contribution in [3.8, 4) is 11.5 Å². The van der Waals surface area contributed by atoms with E-state index in [1.54, 1.807) is 24.3 Å². The fourth-order valence-corrected chi connectivity index (χ4v) is 2.67. The van der Waals surface area contributed by atoms with Gasteiger partial charge in [0.05, 0.1) is 0 Å². The Morgan fingerprint density at radius 2 is 1.79 bits per heavy atom. The van der Waals surface area contributed by atoms with Crippen molar-refractivity contribution in [2.45, 2.75) is 41.0 Å². The second kappa shape index (κ2) is 11.1. The second-order valence-electron chi connectivity index (χ2n) is 7.34. The van der Waals surface area contributed by atoms with Crippen LogP contribution in [0.4, 0.5) is 0 Å². The van der Waals surface area contributed by atoms with Crippen LogP contribution in [-0.4, -0.2) is 11.1 Å². The number of phenols is 1. The van der Waals surface area contributed by atoms with Gasteiger partial charge in [0.25, 0.3) is 0 Å². The van der Waals surface area contributed by atoms with Crippen molar-refractivity contribution in [2.24, 2.45) is 5.41 Å². The lowest BCUT2D eigenvalue weighted by Gasteiger charge is -2.20. The average Bonchev–Trinajstić information content (AvgIpc) is 2.67. The molecule has 0 aromatic heterocycles. The minimum absolute atomic E-state index is 0. The molecule has 3 nitrogen and oxygen atoms in total. The number of para-hydroxylation sites is 1. The lowest BCUT2D eigenvalue weighted by atomic mass is 9.84. The van der Waals surface area contributed by atoms with E-state index < -0.39 is 5.97 Å². The molecule has 2 rings (SSSR count). The summed E-state index contributed by atoms with van der Waals surface area (Å²) in [5.74, 6) is -0.246. The topological polar surface area (TPSA) is 46.5 Å². The molecule has 1 atom stereocenters. The lowest BCUT2D eigenvalue weighted by molar-refractivity contribution is 0.0731. The number of allylic oxidation sites excluding steroid dienone is 4. The minimum atomic E-state index is -0.583. The van der Waals surface area contributed by atoms with Crippen LogP contribution in [0.2, 0.25) is 0 Å². The van der Waals surface area contributed by atoms with Gasteiger partial charge in [0, 0.05) is 5.41 Å². The summed E-state index contributed by atoms with van der Waals surface area (Å²) in [6.45, 7) is 10.4. The maximum atomic E-state index is 12.2. The molecule has 0 aliphatic heterocycles. The van der Waals surface area contributed by atoms with Crippen LogP contribution in [-0.2, 0) is 0 Å². The number of carbonyl (C=O) groups excluding carboxylic acids is 1. The average molecular weight is 393 g/mol. The molecule has 0 amide bonds. The number of phenolic OH excluding ortho intramolecular Hbond substituents is 1. The van der Waals surface area contributed by atoms with Gasteiger partial charge < -0.3 is 9.84 Å². The molecule has 154 valence electrons. The van der Waals surface area contributed by atoms with E-state index in [0.29, 0.717) is 5.75 Å². The van der Waals surface area contributed by atoms with E-state index in [4.69, 9.17) is 4.74 Å². The van der Waals surface area contributed by atoms with Crippen LogP contribution in [0.15, 0.2) is 78.9 Å². The van der Waals surface area contributed by atoms with Gasteiger partial charge in [-0.1, -0.05) is 68.5 Å². The predicted octanol–water partition coefficient (Wildman–Crippen LogP) is 7.20. The third kappa shape index (κ3) is 7.46. The quantitative estimate of drug-likeness (QED) is 0.293. The number of carbonyl (C=O) groups is 1. The van der Waals surface area contributed by atoms with Gasteiger partial charge in [0.15, 0.2) is 0 Å². The molecular formula is C26H32O3. The summed E-state index contributed by atoms with van der Waals surface area (Å²) in [6.07, 6.45) is 10.4. The highest BCUT2D eigenvalue weighted by Gasteiger charge is 2.15. The Morgan fingerprint density at radius 3 is 2.38 bits per heavy atom. The molecule has 0 heterocycles. The minimum Gasteiger partial charge on any atom is -0.507 e. The van der Waals surface area contributed by atoms with Gasteiger partial charge in [-0.15, -0.1) is 6.58 Å². The Morgan fingerprint density at radius 1 is 1.14 bits per heavy atom. The van der Waals surface area contributed by atoms with Crippen LogP contribution in [0.25, 0.3) is 6.08 Å². The van der Waals surface area contributed by atoms with Gasteiger partial charge in [-0.25, -0.2) is 4.79 Å². The largest absolute Gasteiger partial charge is 0.507 e. The molecule has 0 aliphatic rings. The first kappa shape index (κ1) is 24.0. The highest BCUT2D eigenvalue weighted by molar-refractivity contribution is 5.93. The van der Waals surface area contributed by atoms with E-state index >= 15 is 0 Å². The van der Waals surface area contributed by atoms with Crippen molar-refractivity contribution in [2.75, 3.05) is 0 Å². The first-order valence-electron chi connectivity index (χ1n) is 9.39. The molecule has 3 heteroatoms. The predicted molar refractivity (Wildman–Crippen MR) is 122 cm³/mol. The van der Waals surface area contributed by atoms with Crippen molar-refractivity contribution in [1.82, 2.24) is 0 Å². The highest BCUT2D eigenvalue weighted by atomic mass is 16.5. The lowest BCUT2D eigenvalue weighted by Crippen LogP contribution is -2.08. The van der Waals surface area contributed by atoms with Gasteiger partial charge in [-0.3, -0.25) is 0 Å². The first-order chi connectivity index (χ1) is 13.3. The molecule has 0 fully saturated rings. The molecule has 2 aromatic rings. The maximum absolute atomic E-state index is 12.2. The summed E-state index contributed by atoms with van der Waals surface area (Å²) in [6, 6.07) is 13.6. The van der Waals surface area contributed by atoms with E-state index in [0.717, 1.165) is 18.4 Å². The molecule has 0 spiro atoms. The number of benzene rings is 2. The Balaban J connectivity index is 0.00000420.